The van der Waals surface area contributed by atoms with Crippen LogP contribution in [0.5, 0.6) is 5.88 Å². The number of benzene rings is 2. The molecule has 2 heterocycles. The number of rotatable bonds is 5. The molecule has 8 nitrogen and oxygen atoms in total. The lowest BCUT2D eigenvalue weighted by Gasteiger charge is -2.18. The number of allylic oxidation sites excluding steroid dienone is 4. The first-order valence-electron chi connectivity index (χ1n) is 10.8. The Labute approximate surface area is 226 Å². The lowest BCUT2D eigenvalue weighted by atomic mass is 10.1. The Hall–Kier alpha value is -3.85. The molecule has 37 heavy (non-hydrogen) atoms. The number of aromatic amines is 1. The minimum absolute atomic E-state index is 0.175. The molecule has 3 aromatic rings. The molecule has 0 unspecified atom stereocenters. The Morgan fingerprint density at radius 2 is 1.70 bits per heavy atom. The van der Waals surface area contributed by atoms with Crippen LogP contribution < -0.4 is 21.4 Å². The van der Waals surface area contributed by atoms with Crippen molar-refractivity contribution in [3.63, 3.8) is 0 Å². The Balaban J connectivity index is 1.62. The van der Waals surface area contributed by atoms with Crippen LogP contribution in [-0.4, -0.2) is 21.2 Å². The third-order valence-corrected chi connectivity index (χ3v) is 6.19. The summed E-state index contributed by atoms with van der Waals surface area (Å²) in [6.45, 7) is 3.38. The highest BCUT2D eigenvalue weighted by molar-refractivity contribution is 6.43. The van der Waals surface area contributed by atoms with Crippen molar-refractivity contribution < 1.29 is 9.90 Å². The quantitative estimate of drug-likeness (QED) is 0.357. The zero-order chi connectivity index (χ0) is 26.9. The second-order valence-corrected chi connectivity index (χ2v) is 9.24. The van der Waals surface area contributed by atoms with Crippen molar-refractivity contribution in [3.05, 3.63) is 113 Å². The van der Waals surface area contributed by atoms with E-state index >= 15 is 0 Å². The Bertz CT molecular complexity index is 1630. The van der Waals surface area contributed by atoms with Crippen molar-refractivity contribution in [2.24, 2.45) is 5.10 Å². The summed E-state index contributed by atoms with van der Waals surface area (Å²) in [5.74, 6) is -1.19. The monoisotopic (exact) mass is 555 g/mol. The van der Waals surface area contributed by atoms with Crippen LogP contribution >= 0.6 is 34.8 Å². The first-order valence-corrected chi connectivity index (χ1v) is 11.9. The molecule has 1 amide bonds. The Morgan fingerprint density at radius 3 is 2.35 bits per heavy atom. The van der Waals surface area contributed by atoms with Crippen LogP contribution in [0.15, 0.2) is 86.5 Å². The van der Waals surface area contributed by atoms with Crippen molar-refractivity contribution in [1.82, 2.24) is 9.55 Å². The summed E-state index contributed by atoms with van der Waals surface area (Å²) in [6, 6.07) is 11.2. The zero-order valence-electron chi connectivity index (χ0n) is 19.5. The highest BCUT2D eigenvalue weighted by Crippen LogP contribution is 2.39. The van der Waals surface area contributed by atoms with Crippen molar-refractivity contribution in [2.75, 3.05) is 5.01 Å². The normalized spacial score (nSPS) is 15.2. The predicted molar refractivity (Wildman–Crippen MR) is 145 cm³/mol. The second kappa shape index (κ2) is 10.6. The van der Waals surface area contributed by atoms with Gasteiger partial charge in [0.2, 0.25) is 0 Å². The van der Waals surface area contributed by atoms with E-state index in [0.717, 1.165) is 9.58 Å². The SMILES string of the molecule is CC(C=Cc1c([O-])n(-c2ccccc2)c(=O)[nH]c1=O)=C/C=C1\C(=O)N(c2c(Cl)cc(Cl)cc2Cl)N=C1C. The number of nitrogens with one attached hydrogen (secondary N) is 1. The maximum atomic E-state index is 13.0. The number of hydrazone groups is 1. The number of carbonyl (C=O) groups is 1. The zero-order valence-corrected chi connectivity index (χ0v) is 21.7. The van der Waals surface area contributed by atoms with Crippen LogP contribution in [0.2, 0.25) is 15.1 Å². The van der Waals surface area contributed by atoms with Crippen molar-refractivity contribution in [1.29, 1.82) is 0 Å². The maximum absolute atomic E-state index is 13.0. The number of nitrogens with zero attached hydrogens (tertiary/aromatic N) is 3. The predicted octanol–water partition coefficient (Wildman–Crippen LogP) is 4.87. The van der Waals surface area contributed by atoms with E-state index in [4.69, 9.17) is 34.8 Å². The number of halogens is 3. The molecule has 1 N–H and O–H groups in total. The van der Waals surface area contributed by atoms with E-state index in [9.17, 15) is 19.5 Å². The van der Waals surface area contributed by atoms with E-state index in [0.29, 0.717) is 27.6 Å². The molecule has 0 aliphatic carbocycles. The lowest BCUT2D eigenvalue weighted by Crippen LogP contribution is -2.33. The lowest BCUT2D eigenvalue weighted by molar-refractivity contribution is -0.278. The molecule has 1 aliphatic rings. The minimum atomic E-state index is -0.824. The summed E-state index contributed by atoms with van der Waals surface area (Å²) >= 11 is 18.4. The van der Waals surface area contributed by atoms with Gasteiger partial charge in [0.05, 0.1) is 21.3 Å². The smallest absolute Gasteiger partial charge is 0.332 e. The number of para-hydroxylation sites is 1. The summed E-state index contributed by atoms with van der Waals surface area (Å²) < 4.78 is 0.890. The van der Waals surface area contributed by atoms with Crippen LogP contribution in [0.25, 0.3) is 11.8 Å². The fraction of sp³-hybridized carbons (Fsp3) is 0.0769. The number of H-pyrrole nitrogens is 1. The van der Waals surface area contributed by atoms with Gasteiger partial charge >= 0.3 is 5.69 Å². The third kappa shape index (κ3) is 5.32. The molecule has 11 heteroatoms. The number of anilines is 1. The molecule has 188 valence electrons. The van der Waals surface area contributed by atoms with Crippen LogP contribution in [0.3, 0.4) is 0 Å². The van der Waals surface area contributed by atoms with E-state index in [1.165, 1.54) is 24.3 Å². The molecule has 1 aromatic heterocycles. The molecule has 0 bridgehead atoms. The number of carbonyl (C=O) groups excluding carboxylic acids is 1. The van der Waals surface area contributed by atoms with E-state index in [-0.39, 0.29) is 21.3 Å². The number of aromatic nitrogens is 2. The van der Waals surface area contributed by atoms with Gasteiger partial charge in [-0.2, -0.15) is 10.1 Å². The molecule has 4 rings (SSSR count). The number of hydrogen-bond donors (Lipinski definition) is 1. The van der Waals surface area contributed by atoms with E-state index in [1.807, 2.05) is 0 Å². The van der Waals surface area contributed by atoms with Crippen LogP contribution in [0.1, 0.15) is 19.4 Å². The summed E-state index contributed by atoms with van der Waals surface area (Å²) in [5.41, 5.74) is 0.0728. The van der Waals surface area contributed by atoms with Gasteiger partial charge in [0.25, 0.3) is 11.5 Å². The fourth-order valence-electron chi connectivity index (χ4n) is 3.57. The van der Waals surface area contributed by atoms with Crippen LogP contribution in [0, 0.1) is 0 Å². The minimum Gasteiger partial charge on any atom is -0.859 e. The van der Waals surface area contributed by atoms with Gasteiger partial charge in [0, 0.05) is 16.3 Å². The molecular formula is C26H18Cl3N4O4-. The highest BCUT2D eigenvalue weighted by atomic mass is 35.5. The van der Waals surface area contributed by atoms with Crippen LogP contribution in [-0.2, 0) is 4.79 Å². The molecule has 1 aliphatic heterocycles. The Morgan fingerprint density at radius 1 is 1.05 bits per heavy atom. The van der Waals surface area contributed by atoms with Gasteiger partial charge in [-0.25, -0.2) is 4.79 Å². The number of hydrogen-bond acceptors (Lipinski definition) is 5. The Kier molecular flexibility index (Phi) is 7.54. The van der Waals surface area contributed by atoms with Gasteiger partial charge in [-0.15, -0.1) is 0 Å². The summed E-state index contributed by atoms with van der Waals surface area (Å²) in [6.07, 6.45) is 6.04. The first kappa shape index (κ1) is 26.2. The van der Waals surface area contributed by atoms with Gasteiger partial charge < -0.3 is 5.11 Å². The van der Waals surface area contributed by atoms with Gasteiger partial charge in [-0.05, 0) is 56.1 Å². The highest BCUT2D eigenvalue weighted by Gasteiger charge is 2.31. The average molecular weight is 557 g/mol. The second-order valence-electron chi connectivity index (χ2n) is 7.99. The summed E-state index contributed by atoms with van der Waals surface area (Å²) in [5, 5.41) is 18.9. The molecule has 0 saturated carbocycles. The fourth-order valence-corrected chi connectivity index (χ4v) is 4.55. The topological polar surface area (TPSA) is 111 Å². The average Bonchev–Trinajstić information content (AvgIpc) is 3.10. The molecular weight excluding hydrogens is 539 g/mol. The molecule has 2 aromatic carbocycles. The molecule has 0 spiro atoms. The molecule has 0 radical (unpaired) electrons. The first-order chi connectivity index (χ1) is 17.6. The van der Waals surface area contributed by atoms with Gasteiger partial charge in [-0.3, -0.25) is 19.1 Å². The standard InChI is InChI=1S/C26H19Cl3N4O4/c1-14(9-11-19-23(34)30-26(37)32(24(19)35)17-6-4-3-5-7-17)8-10-18-15(2)31-33(25(18)36)22-20(28)12-16(27)13-21(22)29/h3-13,35H,1-2H3,(H,30,34,37)/p-1/b11-9?,14-8?,18-10-. The van der Waals surface area contributed by atoms with E-state index in [2.05, 4.69) is 10.1 Å². The van der Waals surface area contributed by atoms with Crippen molar-refractivity contribution in [3.8, 4) is 11.6 Å². The van der Waals surface area contributed by atoms with Gasteiger partial charge in [-0.1, -0.05) is 70.7 Å². The van der Waals surface area contributed by atoms with Crippen molar-refractivity contribution >= 4 is 58.2 Å². The summed E-state index contributed by atoms with van der Waals surface area (Å²) in [4.78, 5) is 39.7. The molecule has 0 fully saturated rings. The van der Waals surface area contributed by atoms with Gasteiger partial charge in [0.1, 0.15) is 5.69 Å². The molecule has 0 saturated heterocycles. The van der Waals surface area contributed by atoms with Gasteiger partial charge in [0.15, 0.2) is 0 Å². The summed E-state index contributed by atoms with van der Waals surface area (Å²) in [7, 11) is 0. The van der Waals surface area contributed by atoms with Crippen molar-refractivity contribution in [2.45, 2.75) is 13.8 Å². The largest absolute Gasteiger partial charge is 0.859 e. The van der Waals surface area contributed by atoms with E-state index < -0.39 is 23.0 Å². The number of amides is 1. The third-order valence-electron chi connectivity index (χ3n) is 5.40. The molecule has 0 atom stereocenters. The van der Waals surface area contributed by atoms with Crippen LogP contribution in [0.4, 0.5) is 5.69 Å². The maximum Gasteiger partial charge on any atom is 0.332 e. The van der Waals surface area contributed by atoms with E-state index in [1.54, 1.807) is 56.3 Å².